The van der Waals surface area contributed by atoms with Crippen LogP contribution in [0.1, 0.15) is 27.7 Å². The number of hydrogen-bond donors (Lipinski definition) is 0. The first-order valence-electron chi connectivity index (χ1n) is 4.99. The third-order valence-corrected chi connectivity index (χ3v) is 2.98. The molecule has 0 aliphatic rings. The SMILES string of the molecule is CC(C)COP(=O)(OCCl)OCC(C)C. The number of phosphoric acid groups is 1. The molecule has 0 aromatic carbocycles. The van der Waals surface area contributed by atoms with Crippen molar-refractivity contribution in [2.45, 2.75) is 27.7 Å². The van der Waals surface area contributed by atoms with Gasteiger partial charge >= 0.3 is 7.82 Å². The van der Waals surface area contributed by atoms with Crippen molar-refractivity contribution in [2.24, 2.45) is 11.8 Å². The van der Waals surface area contributed by atoms with E-state index in [1.807, 2.05) is 27.7 Å². The van der Waals surface area contributed by atoms with Gasteiger partial charge in [-0.3, -0.25) is 13.6 Å². The largest absolute Gasteiger partial charge is 0.475 e. The highest BCUT2D eigenvalue weighted by molar-refractivity contribution is 7.48. The van der Waals surface area contributed by atoms with Gasteiger partial charge in [0.15, 0.2) is 0 Å². The number of alkyl halides is 1. The van der Waals surface area contributed by atoms with E-state index in [1.165, 1.54) is 0 Å². The van der Waals surface area contributed by atoms with Gasteiger partial charge in [-0.05, 0) is 11.8 Å². The van der Waals surface area contributed by atoms with E-state index in [-0.39, 0.29) is 17.9 Å². The molecule has 15 heavy (non-hydrogen) atoms. The van der Waals surface area contributed by atoms with Gasteiger partial charge in [-0.2, -0.15) is 0 Å². The summed E-state index contributed by atoms with van der Waals surface area (Å²) < 4.78 is 26.9. The predicted octanol–water partition coefficient (Wildman–Crippen LogP) is 3.65. The highest BCUT2D eigenvalue weighted by atomic mass is 35.5. The second kappa shape index (κ2) is 7.64. The highest BCUT2D eigenvalue weighted by Gasteiger charge is 2.27. The van der Waals surface area contributed by atoms with Gasteiger partial charge < -0.3 is 0 Å². The Morgan fingerprint density at radius 1 is 1.00 bits per heavy atom. The number of hydrogen-bond acceptors (Lipinski definition) is 4. The number of phosphoric ester groups is 1. The normalized spacial score (nSPS) is 12.7. The summed E-state index contributed by atoms with van der Waals surface area (Å²) in [5.74, 6) is 0.528. The number of rotatable bonds is 8. The average Bonchev–Trinajstić information content (AvgIpc) is 2.13. The molecule has 0 aromatic rings. The third-order valence-electron chi connectivity index (χ3n) is 1.34. The molecule has 0 aromatic heterocycles. The molecule has 0 unspecified atom stereocenters. The fraction of sp³-hybridized carbons (Fsp3) is 1.00. The molecule has 0 fully saturated rings. The minimum atomic E-state index is -3.46. The van der Waals surface area contributed by atoms with Gasteiger partial charge in [0.2, 0.25) is 0 Å². The standard InChI is InChI=1S/C9H20ClO4P/c1-8(2)5-12-15(11,14-7-10)13-6-9(3)4/h8-9H,5-7H2,1-4H3. The molecule has 0 spiro atoms. The minimum Gasteiger partial charge on any atom is -0.287 e. The Morgan fingerprint density at radius 3 is 1.67 bits per heavy atom. The van der Waals surface area contributed by atoms with Crippen LogP contribution in [0.5, 0.6) is 0 Å². The van der Waals surface area contributed by atoms with Crippen LogP contribution in [-0.2, 0) is 18.1 Å². The van der Waals surface area contributed by atoms with Crippen LogP contribution in [0.25, 0.3) is 0 Å². The Bertz CT molecular complexity index is 192. The van der Waals surface area contributed by atoms with E-state index < -0.39 is 7.82 Å². The Balaban J connectivity index is 4.12. The fourth-order valence-corrected chi connectivity index (χ4v) is 2.32. The molecule has 0 bridgehead atoms. The summed E-state index contributed by atoms with van der Waals surface area (Å²) in [6, 6.07) is -0.201. The van der Waals surface area contributed by atoms with Gasteiger partial charge in [-0.25, -0.2) is 4.57 Å². The zero-order chi connectivity index (χ0) is 11.9. The first-order valence-corrected chi connectivity index (χ1v) is 6.98. The maximum absolute atomic E-state index is 11.9. The van der Waals surface area contributed by atoms with E-state index in [9.17, 15) is 4.57 Å². The van der Waals surface area contributed by atoms with E-state index in [0.717, 1.165) is 0 Å². The summed E-state index contributed by atoms with van der Waals surface area (Å²) >= 11 is 5.36. The maximum Gasteiger partial charge on any atom is 0.475 e. The van der Waals surface area contributed by atoms with E-state index in [1.54, 1.807) is 0 Å². The van der Waals surface area contributed by atoms with Crippen LogP contribution in [0.3, 0.4) is 0 Å². The van der Waals surface area contributed by atoms with Gasteiger partial charge in [0.25, 0.3) is 0 Å². The Labute approximate surface area is 96.9 Å². The fourth-order valence-electron chi connectivity index (χ4n) is 0.652. The second-order valence-corrected chi connectivity index (χ2v) is 5.95. The van der Waals surface area contributed by atoms with E-state index in [2.05, 4.69) is 0 Å². The van der Waals surface area contributed by atoms with E-state index in [4.69, 9.17) is 25.2 Å². The van der Waals surface area contributed by atoms with Gasteiger partial charge in [-0.15, -0.1) is 0 Å². The van der Waals surface area contributed by atoms with E-state index in [0.29, 0.717) is 13.2 Å². The molecular formula is C9H20ClO4P. The molecule has 0 N–H and O–H groups in total. The highest BCUT2D eigenvalue weighted by Crippen LogP contribution is 2.50. The molecule has 0 amide bonds. The molecule has 0 rings (SSSR count). The molecular weight excluding hydrogens is 239 g/mol. The monoisotopic (exact) mass is 258 g/mol. The van der Waals surface area contributed by atoms with Crippen molar-refractivity contribution in [1.82, 2.24) is 0 Å². The van der Waals surface area contributed by atoms with Crippen LogP contribution in [0.4, 0.5) is 0 Å². The molecule has 0 heterocycles. The Morgan fingerprint density at radius 2 is 1.40 bits per heavy atom. The summed E-state index contributed by atoms with van der Waals surface area (Å²) in [7, 11) is -3.46. The molecule has 6 heteroatoms. The van der Waals surface area contributed by atoms with Crippen molar-refractivity contribution in [3.8, 4) is 0 Å². The van der Waals surface area contributed by atoms with Gasteiger partial charge in [0.1, 0.15) is 6.07 Å². The first-order chi connectivity index (χ1) is 6.89. The lowest BCUT2D eigenvalue weighted by molar-refractivity contribution is 0.107. The molecule has 92 valence electrons. The summed E-state index contributed by atoms with van der Waals surface area (Å²) in [4.78, 5) is 0. The molecule has 0 aliphatic heterocycles. The zero-order valence-electron chi connectivity index (χ0n) is 9.73. The lowest BCUT2D eigenvalue weighted by atomic mass is 10.2. The van der Waals surface area contributed by atoms with Crippen LogP contribution in [-0.4, -0.2) is 19.3 Å². The van der Waals surface area contributed by atoms with Crippen molar-refractivity contribution in [2.75, 3.05) is 19.3 Å². The maximum atomic E-state index is 11.9. The molecule has 4 nitrogen and oxygen atoms in total. The molecule has 0 saturated heterocycles. The van der Waals surface area contributed by atoms with Crippen LogP contribution in [0, 0.1) is 11.8 Å². The zero-order valence-corrected chi connectivity index (χ0v) is 11.4. The summed E-state index contributed by atoms with van der Waals surface area (Å²) in [5.41, 5.74) is 0. The van der Waals surface area contributed by atoms with Gasteiger partial charge in [-0.1, -0.05) is 39.3 Å². The van der Waals surface area contributed by atoms with Crippen LogP contribution < -0.4 is 0 Å². The Hall–Kier alpha value is 0.400. The number of halogens is 1. The lowest BCUT2D eigenvalue weighted by Gasteiger charge is -2.18. The minimum absolute atomic E-state index is 0.201. The van der Waals surface area contributed by atoms with Crippen LogP contribution in [0.15, 0.2) is 0 Å². The third kappa shape index (κ3) is 8.23. The average molecular weight is 259 g/mol. The van der Waals surface area contributed by atoms with E-state index >= 15 is 0 Å². The van der Waals surface area contributed by atoms with Gasteiger partial charge in [0.05, 0.1) is 13.2 Å². The molecule has 0 radical (unpaired) electrons. The van der Waals surface area contributed by atoms with Crippen molar-refractivity contribution in [3.05, 3.63) is 0 Å². The second-order valence-electron chi connectivity index (χ2n) is 4.06. The Kier molecular flexibility index (Phi) is 7.84. The van der Waals surface area contributed by atoms with Crippen molar-refractivity contribution < 1.29 is 18.1 Å². The quantitative estimate of drug-likeness (QED) is 0.492. The van der Waals surface area contributed by atoms with Crippen molar-refractivity contribution >= 4 is 19.4 Å². The first kappa shape index (κ1) is 15.4. The van der Waals surface area contributed by atoms with Crippen molar-refractivity contribution in [1.29, 1.82) is 0 Å². The smallest absolute Gasteiger partial charge is 0.287 e. The summed E-state index contributed by atoms with van der Waals surface area (Å²) in [6.07, 6.45) is 0. The van der Waals surface area contributed by atoms with Crippen molar-refractivity contribution in [3.63, 3.8) is 0 Å². The molecule has 0 aliphatic carbocycles. The summed E-state index contributed by atoms with van der Waals surface area (Å²) in [6.45, 7) is 8.46. The predicted molar refractivity (Wildman–Crippen MR) is 61.0 cm³/mol. The molecule has 0 atom stereocenters. The van der Waals surface area contributed by atoms with Gasteiger partial charge in [0, 0.05) is 0 Å². The van der Waals surface area contributed by atoms with Crippen LogP contribution >= 0.6 is 19.4 Å². The molecule has 0 saturated carbocycles. The summed E-state index contributed by atoms with van der Waals surface area (Å²) in [5, 5.41) is 0. The van der Waals surface area contributed by atoms with Crippen LogP contribution in [0.2, 0.25) is 0 Å². The topological polar surface area (TPSA) is 44.8 Å². The lowest BCUT2D eigenvalue weighted by Crippen LogP contribution is -2.08.